The summed E-state index contributed by atoms with van der Waals surface area (Å²) in [5.74, 6) is -0.218. The Kier molecular flexibility index (Phi) is 7.70. The van der Waals surface area contributed by atoms with Crippen LogP contribution < -0.4 is 27.0 Å². The van der Waals surface area contributed by atoms with Crippen LogP contribution in [0.5, 0.6) is 0 Å². The van der Waals surface area contributed by atoms with E-state index in [1.54, 1.807) is 32.1 Å². The van der Waals surface area contributed by atoms with Crippen LogP contribution in [0.2, 0.25) is 0 Å². The van der Waals surface area contributed by atoms with Gasteiger partial charge in [0.15, 0.2) is 0 Å². The summed E-state index contributed by atoms with van der Waals surface area (Å²) >= 11 is 1.58. The normalized spacial score (nSPS) is 33.2. The fourth-order valence-corrected chi connectivity index (χ4v) is 6.28. The first-order valence-electron chi connectivity index (χ1n) is 11.6. The molecule has 3 heterocycles. The minimum atomic E-state index is -0.530. The summed E-state index contributed by atoms with van der Waals surface area (Å²) in [6, 6.07) is 0. The first-order valence-corrected chi connectivity index (χ1v) is 12.5. The minimum Gasteiger partial charge on any atom is -0.393 e. The van der Waals surface area contributed by atoms with Crippen molar-refractivity contribution in [2.45, 2.75) is 56.0 Å². The zero-order valence-corrected chi connectivity index (χ0v) is 20.2. The predicted molar refractivity (Wildman–Crippen MR) is 130 cm³/mol. The number of amides is 1. The zero-order chi connectivity index (χ0) is 23.4. The highest BCUT2D eigenvalue weighted by Crippen LogP contribution is 2.49. The van der Waals surface area contributed by atoms with E-state index in [2.05, 4.69) is 32.2 Å². The number of rotatable bonds is 7. The second-order valence-corrected chi connectivity index (χ2v) is 10.1. The molecule has 0 aromatic heterocycles. The van der Waals surface area contributed by atoms with Gasteiger partial charge in [0.25, 0.3) is 5.91 Å². The number of carbonyl (C=O) groups is 1. The molecule has 0 radical (unpaired) electrons. The van der Waals surface area contributed by atoms with E-state index in [4.69, 9.17) is 10.5 Å². The molecule has 0 aromatic carbocycles. The molecule has 33 heavy (non-hydrogen) atoms. The van der Waals surface area contributed by atoms with Crippen molar-refractivity contribution in [3.8, 4) is 0 Å². The Morgan fingerprint density at radius 1 is 1.42 bits per heavy atom. The van der Waals surface area contributed by atoms with Crippen LogP contribution in [-0.2, 0) is 9.53 Å². The molecule has 10 heteroatoms. The molecule has 1 amide bonds. The van der Waals surface area contributed by atoms with Crippen molar-refractivity contribution in [3.63, 3.8) is 0 Å². The number of aliphatic hydroxyl groups excluding tert-OH is 1. The molecule has 1 spiro atoms. The van der Waals surface area contributed by atoms with Crippen molar-refractivity contribution >= 4 is 17.7 Å². The van der Waals surface area contributed by atoms with Gasteiger partial charge in [-0.2, -0.15) is 0 Å². The van der Waals surface area contributed by atoms with Crippen LogP contribution in [0.4, 0.5) is 0 Å². The smallest absolute Gasteiger partial charge is 0.272 e. The molecule has 7 N–H and O–H groups in total. The number of nitrogens with two attached hydrogens (primary N) is 1. The van der Waals surface area contributed by atoms with Gasteiger partial charge in [-0.25, -0.2) is 0 Å². The number of likely N-dealkylation sites (tertiary alicyclic amines) is 1. The molecule has 0 bridgehead atoms. The Bertz CT molecular complexity index is 849. The Morgan fingerprint density at radius 3 is 2.88 bits per heavy atom. The molecule has 182 valence electrons. The largest absolute Gasteiger partial charge is 0.393 e. The van der Waals surface area contributed by atoms with Crippen LogP contribution >= 0.6 is 11.8 Å². The maximum absolute atomic E-state index is 13.1. The molecule has 1 aliphatic carbocycles. The summed E-state index contributed by atoms with van der Waals surface area (Å²) in [7, 11) is 3.51. The second-order valence-electron chi connectivity index (χ2n) is 9.09. The van der Waals surface area contributed by atoms with Crippen molar-refractivity contribution in [1.82, 2.24) is 26.2 Å². The number of carbonyl (C=O) groups excluding carboxylic acids is 1. The summed E-state index contributed by atoms with van der Waals surface area (Å²) in [6.07, 6.45) is 11.3. The molecule has 1 saturated heterocycles. The monoisotopic (exact) mass is 476 g/mol. The lowest BCUT2D eigenvalue weighted by Gasteiger charge is -2.42. The maximum Gasteiger partial charge on any atom is 0.272 e. The lowest BCUT2D eigenvalue weighted by atomic mass is 9.71. The van der Waals surface area contributed by atoms with Gasteiger partial charge in [0.1, 0.15) is 23.5 Å². The Hall–Kier alpha value is -1.98. The summed E-state index contributed by atoms with van der Waals surface area (Å²) < 4.78 is 5.95. The average Bonchev–Trinajstić information content (AvgIpc) is 3.46. The SMILES string of the molecule is CN/C=C(/NC(=O)C1=CSC(C2=CCNC=C2)N1)C(N)N1CCC2(CCC(O)CC2)C1OC. The van der Waals surface area contributed by atoms with Crippen molar-refractivity contribution < 1.29 is 14.6 Å². The van der Waals surface area contributed by atoms with Crippen LogP contribution in [0.25, 0.3) is 0 Å². The number of nitrogens with one attached hydrogen (secondary N) is 4. The van der Waals surface area contributed by atoms with Gasteiger partial charge in [0.05, 0.1) is 11.8 Å². The number of methoxy groups -OCH3 is 1. The molecular formula is C23H36N6O3S. The van der Waals surface area contributed by atoms with E-state index in [9.17, 15) is 9.90 Å². The van der Waals surface area contributed by atoms with Crippen molar-refractivity contribution in [3.05, 3.63) is 46.9 Å². The Morgan fingerprint density at radius 2 is 2.21 bits per heavy atom. The third-order valence-corrected chi connectivity index (χ3v) is 8.14. The molecule has 2 fully saturated rings. The molecular weight excluding hydrogens is 440 g/mol. The molecule has 1 saturated carbocycles. The summed E-state index contributed by atoms with van der Waals surface area (Å²) in [6.45, 7) is 1.56. The summed E-state index contributed by atoms with van der Waals surface area (Å²) in [5, 5.41) is 24.3. The number of dihydropyridines is 1. The van der Waals surface area contributed by atoms with Crippen LogP contribution in [0.3, 0.4) is 0 Å². The van der Waals surface area contributed by atoms with Gasteiger partial charge in [-0.1, -0.05) is 6.08 Å². The number of ether oxygens (including phenoxy) is 1. The van der Waals surface area contributed by atoms with Crippen molar-refractivity contribution in [1.29, 1.82) is 0 Å². The van der Waals surface area contributed by atoms with E-state index in [1.165, 1.54) is 0 Å². The summed E-state index contributed by atoms with van der Waals surface area (Å²) in [5.41, 5.74) is 8.94. The highest BCUT2D eigenvalue weighted by molar-refractivity contribution is 8.03. The predicted octanol–water partition coefficient (Wildman–Crippen LogP) is 0.595. The number of hydrogen-bond donors (Lipinski definition) is 6. The Balaban J connectivity index is 1.41. The number of hydrogen-bond acceptors (Lipinski definition) is 9. The maximum atomic E-state index is 13.1. The second kappa shape index (κ2) is 10.5. The molecule has 3 aliphatic heterocycles. The van der Waals surface area contributed by atoms with Crippen LogP contribution in [0, 0.1) is 5.41 Å². The minimum absolute atomic E-state index is 0.00411. The van der Waals surface area contributed by atoms with E-state index in [0.717, 1.165) is 50.8 Å². The van der Waals surface area contributed by atoms with E-state index < -0.39 is 6.17 Å². The van der Waals surface area contributed by atoms with E-state index in [-0.39, 0.29) is 29.0 Å². The molecule has 0 aromatic rings. The molecule has 3 unspecified atom stereocenters. The van der Waals surface area contributed by atoms with E-state index >= 15 is 0 Å². The first kappa shape index (κ1) is 24.2. The van der Waals surface area contributed by atoms with Crippen LogP contribution in [0.15, 0.2) is 46.9 Å². The van der Waals surface area contributed by atoms with Crippen LogP contribution in [0.1, 0.15) is 32.1 Å². The van der Waals surface area contributed by atoms with Gasteiger partial charge < -0.3 is 36.8 Å². The molecule has 4 aliphatic rings. The fourth-order valence-electron chi connectivity index (χ4n) is 5.31. The van der Waals surface area contributed by atoms with Crippen molar-refractivity contribution in [2.75, 3.05) is 27.2 Å². The highest BCUT2D eigenvalue weighted by Gasteiger charge is 2.51. The third kappa shape index (κ3) is 5.09. The standard InChI is InChI=1S/C23H36N6O3S/c1-25-13-17(27-20(31)18-14-33-21(28-18)15-5-10-26-11-6-15)19(24)29-12-9-23(22(29)32-2)7-3-16(30)4-8-23/h5-6,10,13-14,16,19,21-22,25-26,28,30H,3-4,7-9,11-12,24H2,1-2H3,(H,27,31)/b17-13+. The third-order valence-electron chi connectivity index (χ3n) is 7.11. The molecule has 3 atom stereocenters. The number of thioether (sulfide) groups is 1. The van der Waals surface area contributed by atoms with Gasteiger partial charge in [0, 0.05) is 44.3 Å². The lowest BCUT2D eigenvalue weighted by molar-refractivity contribution is -0.118. The van der Waals surface area contributed by atoms with Gasteiger partial charge in [-0.3, -0.25) is 9.69 Å². The van der Waals surface area contributed by atoms with Gasteiger partial charge in [0.2, 0.25) is 0 Å². The highest BCUT2D eigenvalue weighted by atomic mass is 32.2. The zero-order valence-electron chi connectivity index (χ0n) is 19.3. The van der Waals surface area contributed by atoms with Gasteiger partial charge in [-0.05, 0) is 50.0 Å². The molecule has 4 rings (SSSR count). The summed E-state index contributed by atoms with van der Waals surface area (Å²) in [4.78, 5) is 15.2. The Labute approximate surface area is 199 Å². The average molecular weight is 477 g/mol. The first-order chi connectivity index (χ1) is 16.0. The van der Waals surface area contributed by atoms with Gasteiger partial charge in [-0.15, -0.1) is 11.8 Å². The van der Waals surface area contributed by atoms with Crippen molar-refractivity contribution in [2.24, 2.45) is 11.1 Å². The van der Waals surface area contributed by atoms with Crippen LogP contribution in [-0.4, -0.2) is 67.0 Å². The van der Waals surface area contributed by atoms with E-state index in [0.29, 0.717) is 11.4 Å². The number of aliphatic hydroxyl groups is 1. The lowest BCUT2D eigenvalue weighted by Crippen LogP contribution is -2.54. The molecule has 9 nitrogen and oxygen atoms in total. The van der Waals surface area contributed by atoms with E-state index in [1.807, 2.05) is 17.7 Å². The quantitative estimate of drug-likeness (QED) is 0.313. The number of nitrogens with zero attached hydrogens (tertiary/aromatic N) is 1. The van der Waals surface area contributed by atoms with Gasteiger partial charge >= 0.3 is 0 Å². The fraction of sp³-hybridized carbons (Fsp3) is 0.609. The topological polar surface area (TPSA) is 124 Å².